The van der Waals surface area contributed by atoms with E-state index in [1.54, 1.807) is 7.05 Å². The minimum Gasteiger partial charge on any atom is -0.463 e. The van der Waals surface area contributed by atoms with E-state index in [2.05, 4.69) is 44.5 Å². The first-order valence-corrected chi connectivity index (χ1v) is 7.23. The number of likely N-dealkylation sites (N-methyl/N-ethyl adjacent to an activating group) is 1. The Morgan fingerprint density at radius 2 is 2.10 bits per heavy atom. The van der Waals surface area contributed by atoms with Crippen molar-refractivity contribution < 1.29 is 4.74 Å². The fourth-order valence-corrected chi connectivity index (χ4v) is 2.25. The van der Waals surface area contributed by atoms with Gasteiger partial charge in [-0.2, -0.15) is 15.0 Å². The number of likely N-dealkylation sites (tertiary alicyclic amines) is 1. The zero-order valence-corrected chi connectivity index (χ0v) is 12.5. The van der Waals surface area contributed by atoms with Crippen LogP contribution in [0.15, 0.2) is 0 Å². The maximum absolute atomic E-state index is 5.48. The van der Waals surface area contributed by atoms with Gasteiger partial charge in [0.15, 0.2) is 0 Å². The van der Waals surface area contributed by atoms with Gasteiger partial charge in [0.2, 0.25) is 11.9 Å². The summed E-state index contributed by atoms with van der Waals surface area (Å²) in [5.74, 6) is 1.09. The minimum absolute atomic E-state index is 0.369. The lowest BCUT2D eigenvalue weighted by Gasteiger charge is -2.19. The van der Waals surface area contributed by atoms with Crippen LogP contribution in [0.3, 0.4) is 0 Å². The molecule has 2 heterocycles. The molecule has 1 unspecified atom stereocenters. The van der Waals surface area contributed by atoms with Gasteiger partial charge in [-0.25, -0.2) is 0 Å². The highest BCUT2D eigenvalue weighted by molar-refractivity contribution is 5.35. The second kappa shape index (κ2) is 7.23. The third-order valence-corrected chi connectivity index (χ3v) is 3.44. The lowest BCUT2D eigenvalue weighted by molar-refractivity contribution is 0.292. The van der Waals surface area contributed by atoms with E-state index in [4.69, 9.17) is 4.74 Å². The molecule has 1 atom stereocenters. The molecule has 7 nitrogen and oxygen atoms in total. The van der Waals surface area contributed by atoms with Crippen molar-refractivity contribution in [3.63, 3.8) is 0 Å². The second-order valence-corrected chi connectivity index (χ2v) is 5.02. The minimum atomic E-state index is 0.369. The van der Waals surface area contributed by atoms with Crippen molar-refractivity contribution in [3.8, 4) is 6.01 Å². The van der Waals surface area contributed by atoms with Crippen molar-refractivity contribution in [2.75, 3.05) is 44.4 Å². The van der Waals surface area contributed by atoms with Crippen molar-refractivity contribution in [1.29, 1.82) is 0 Å². The van der Waals surface area contributed by atoms with Crippen LogP contribution < -0.4 is 15.4 Å². The van der Waals surface area contributed by atoms with E-state index >= 15 is 0 Å². The van der Waals surface area contributed by atoms with Crippen LogP contribution in [-0.4, -0.2) is 59.7 Å². The van der Waals surface area contributed by atoms with Gasteiger partial charge in [-0.15, -0.1) is 0 Å². The van der Waals surface area contributed by atoms with Gasteiger partial charge in [0.25, 0.3) is 0 Å². The summed E-state index contributed by atoms with van der Waals surface area (Å²) in [6, 6.07) is 0.915. The molecule has 0 saturated carbocycles. The van der Waals surface area contributed by atoms with Gasteiger partial charge in [0.05, 0.1) is 6.61 Å². The standard InChI is InChI=1S/C13H24N6O/c1-4-8-20-13-17-11(14-2)16-12(18-13)15-9-10-6-5-7-19(10)3/h10H,4-9H2,1-3H3,(H2,14,15,16,17,18). The van der Waals surface area contributed by atoms with Gasteiger partial charge >= 0.3 is 6.01 Å². The molecule has 112 valence electrons. The third kappa shape index (κ3) is 3.93. The number of rotatable bonds is 7. The molecule has 1 aliphatic heterocycles. The molecule has 1 aliphatic rings. The maximum atomic E-state index is 5.48. The predicted octanol–water partition coefficient (Wildman–Crippen LogP) is 1.21. The van der Waals surface area contributed by atoms with Gasteiger partial charge in [0.1, 0.15) is 0 Å². The van der Waals surface area contributed by atoms with Crippen LogP contribution in [-0.2, 0) is 0 Å². The van der Waals surface area contributed by atoms with E-state index in [9.17, 15) is 0 Å². The fraction of sp³-hybridized carbons (Fsp3) is 0.769. The lowest BCUT2D eigenvalue weighted by Crippen LogP contribution is -2.32. The van der Waals surface area contributed by atoms with E-state index in [-0.39, 0.29) is 0 Å². The third-order valence-electron chi connectivity index (χ3n) is 3.44. The van der Waals surface area contributed by atoms with E-state index in [0.29, 0.717) is 30.6 Å². The predicted molar refractivity (Wildman–Crippen MR) is 79.3 cm³/mol. The van der Waals surface area contributed by atoms with Crippen LogP contribution in [0.25, 0.3) is 0 Å². The summed E-state index contributed by atoms with van der Waals surface area (Å²) < 4.78 is 5.48. The Kier molecular flexibility index (Phi) is 5.34. The summed E-state index contributed by atoms with van der Waals surface area (Å²) in [7, 11) is 3.94. The quantitative estimate of drug-likeness (QED) is 0.777. The Labute approximate surface area is 120 Å². The first-order valence-electron chi connectivity index (χ1n) is 7.23. The zero-order valence-electron chi connectivity index (χ0n) is 12.5. The van der Waals surface area contributed by atoms with E-state index in [1.807, 2.05) is 0 Å². The van der Waals surface area contributed by atoms with Crippen molar-refractivity contribution in [1.82, 2.24) is 19.9 Å². The summed E-state index contributed by atoms with van der Waals surface area (Å²) >= 11 is 0. The number of ether oxygens (including phenoxy) is 1. The summed E-state index contributed by atoms with van der Waals surface area (Å²) in [4.78, 5) is 15.1. The Morgan fingerprint density at radius 3 is 2.75 bits per heavy atom. The van der Waals surface area contributed by atoms with Gasteiger partial charge in [-0.3, -0.25) is 0 Å². The molecule has 0 spiro atoms. The lowest BCUT2D eigenvalue weighted by atomic mass is 10.2. The number of anilines is 2. The molecule has 20 heavy (non-hydrogen) atoms. The Hall–Kier alpha value is -1.63. The molecule has 1 aromatic heterocycles. The smallest absolute Gasteiger partial charge is 0.323 e. The number of nitrogens with zero attached hydrogens (tertiary/aromatic N) is 4. The molecule has 0 bridgehead atoms. The summed E-state index contributed by atoms with van der Waals surface area (Å²) in [6.45, 7) is 4.67. The average molecular weight is 280 g/mol. The first kappa shape index (κ1) is 14.8. The summed E-state index contributed by atoms with van der Waals surface area (Å²) in [6.07, 6.45) is 3.40. The Bertz CT molecular complexity index is 427. The highest BCUT2D eigenvalue weighted by Gasteiger charge is 2.20. The van der Waals surface area contributed by atoms with E-state index in [1.165, 1.54) is 12.8 Å². The van der Waals surface area contributed by atoms with E-state index in [0.717, 1.165) is 19.5 Å². The fourth-order valence-electron chi connectivity index (χ4n) is 2.25. The summed E-state index contributed by atoms with van der Waals surface area (Å²) in [5.41, 5.74) is 0. The Morgan fingerprint density at radius 1 is 1.30 bits per heavy atom. The number of nitrogens with one attached hydrogen (secondary N) is 2. The average Bonchev–Trinajstić information content (AvgIpc) is 2.88. The normalized spacial score (nSPS) is 19.1. The molecule has 1 aromatic rings. The van der Waals surface area contributed by atoms with Gasteiger partial charge < -0.3 is 20.3 Å². The summed E-state index contributed by atoms with van der Waals surface area (Å²) in [5, 5.41) is 6.21. The highest BCUT2D eigenvalue weighted by Crippen LogP contribution is 2.16. The SMILES string of the molecule is CCCOc1nc(NC)nc(NCC2CCCN2C)n1. The van der Waals surface area contributed by atoms with Gasteiger partial charge in [-0.05, 0) is 32.9 Å². The Balaban J connectivity index is 1.98. The molecule has 1 saturated heterocycles. The number of hydrogen-bond donors (Lipinski definition) is 2. The molecule has 0 aromatic carbocycles. The van der Waals surface area contributed by atoms with Crippen LogP contribution in [0.4, 0.5) is 11.9 Å². The topological polar surface area (TPSA) is 75.2 Å². The first-order chi connectivity index (χ1) is 9.72. The molecule has 0 radical (unpaired) electrons. The molecule has 0 amide bonds. The van der Waals surface area contributed by atoms with Crippen molar-refractivity contribution in [2.45, 2.75) is 32.2 Å². The van der Waals surface area contributed by atoms with Crippen LogP contribution in [0.5, 0.6) is 6.01 Å². The van der Waals surface area contributed by atoms with E-state index < -0.39 is 0 Å². The molecule has 2 rings (SSSR count). The van der Waals surface area contributed by atoms with Crippen molar-refractivity contribution in [3.05, 3.63) is 0 Å². The van der Waals surface area contributed by atoms with Crippen LogP contribution >= 0.6 is 0 Å². The molecular weight excluding hydrogens is 256 g/mol. The monoisotopic (exact) mass is 280 g/mol. The maximum Gasteiger partial charge on any atom is 0.323 e. The molecule has 0 aliphatic carbocycles. The highest BCUT2D eigenvalue weighted by atomic mass is 16.5. The van der Waals surface area contributed by atoms with Crippen molar-refractivity contribution in [2.24, 2.45) is 0 Å². The van der Waals surface area contributed by atoms with Gasteiger partial charge in [-0.1, -0.05) is 6.92 Å². The molecule has 2 N–H and O–H groups in total. The van der Waals surface area contributed by atoms with Gasteiger partial charge in [0, 0.05) is 19.6 Å². The van der Waals surface area contributed by atoms with Crippen LogP contribution in [0.1, 0.15) is 26.2 Å². The molecular formula is C13H24N6O. The number of aromatic nitrogens is 3. The zero-order chi connectivity index (χ0) is 14.4. The second-order valence-electron chi connectivity index (χ2n) is 5.02. The van der Waals surface area contributed by atoms with Crippen molar-refractivity contribution >= 4 is 11.9 Å². The van der Waals surface area contributed by atoms with Crippen LogP contribution in [0, 0.1) is 0 Å². The largest absolute Gasteiger partial charge is 0.463 e. The van der Waals surface area contributed by atoms with Crippen LogP contribution in [0.2, 0.25) is 0 Å². The number of hydrogen-bond acceptors (Lipinski definition) is 7. The molecule has 7 heteroatoms. The molecule has 1 fully saturated rings.